The molecule has 8 heteroatoms. The van der Waals surface area contributed by atoms with Crippen molar-refractivity contribution >= 4 is 23.6 Å². The van der Waals surface area contributed by atoms with E-state index >= 15 is 0 Å². The number of carbonyl (C=O) groups excluding carboxylic acids is 2. The van der Waals surface area contributed by atoms with E-state index in [-0.39, 0.29) is 17.7 Å². The number of carboxylic acid groups (broad SMARTS) is 1. The lowest BCUT2D eigenvalue weighted by atomic mass is 10.2. The number of carbonyl (C=O) groups is 3. The lowest BCUT2D eigenvalue weighted by Gasteiger charge is -2.09. The molecular formula is C13H16FN3O4. The molecule has 0 atom stereocenters. The number of urea groups is 1. The Bertz CT molecular complexity index is 548. The van der Waals surface area contributed by atoms with Gasteiger partial charge in [0.1, 0.15) is 5.82 Å². The van der Waals surface area contributed by atoms with Crippen LogP contribution in [0.5, 0.6) is 0 Å². The molecule has 1 aromatic rings. The van der Waals surface area contributed by atoms with Gasteiger partial charge in [-0.15, -0.1) is 0 Å². The number of halogens is 1. The average molecular weight is 297 g/mol. The van der Waals surface area contributed by atoms with Gasteiger partial charge in [-0.25, -0.2) is 14.0 Å². The smallest absolute Gasteiger partial charge is 0.335 e. The molecule has 0 spiro atoms. The van der Waals surface area contributed by atoms with Crippen molar-refractivity contribution < 1.29 is 23.9 Å². The zero-order valence-corrected chi connectivity index (χ0v) is 11.2. The number of unbranched alkanes of at least 4 members (excludes halogenated alkanes) is 1. The van der Waals surface area contributed by atoms with Crippen LogP contribution in [0.3, 0.4) is 0 Å². The summed E-state index contributed by atoms with van der Waals surface area (Å²) in [4.78, 5) is 32.8. The van der Waals surface area contributed by atoms with Crippen molar-refractivity contribution in [1.82, 2.24) is 5.32 Å². The molecule has 5 N–H and O–H groups in total. The fourth-order valence-corrected chi connectivity index (χ4v) is 1.55. The Kier molecular flexibility index (Phi) is 6.12. The standard InChI is InChI=1S/C13H16FN3O4/c14-9-5-4-8(12(19)20)7-10(9)17-13(21)16-6-2-1-3-11(15)18/h4-5,7H,1-3,6H2,(H2,15,18)(H,19,20)(H2,16,17,21). The number of primary amides is 1. The molecule has 0 heterocycles. The molecule has 0 aromatic heterocycles. The van der Waals surface area contributed by atoms with E-state index in [1.54, 1.807) is 0 Å². The summed E-state index contributed by atoms with van der Waals surface area (Å²) < 4.78 is 13.4. The number of amides is 3. The molecule has 1 aromatic carbocycles. The Morgan fingerprint density at radius 3 is 2.57 bits per heavy atom. The van der Waals surface area contributed by atoms with E-state index in [0.29, 0.717) is 19.4 Å². The van der Waals surface area contributed by atoms with Crippen molar-refractivity contribution in [2.45, 2.75) is 19.3 Å². The lowest BCUT2D eigenvalue weighted by molar-refractivity contribution is -0.118. The first-order valence-electron chi connectivity index (χ1n) is 6.26. The third-order valence-corrected chi connectivity index (χ3v) is 2.60. The third-order valence-electron chi connectivity index (χ3n) is 2.60. The Morgan fingerprint density at radius 2 is 1.95 bits per heavy atom. The number of nitrogens with two attached hydrogens (primary N) is 1. The summed E-state index contributed by atoms with van der Waals surface area (Å²) in [6, 6.07) is 2.44. The summed E-state index contributed by atoms with van der Waals surface area (Å²) in [6.07, 6.45) is 1.32. The molecule has 0 bridgehead atoms. The molecule has 0 saturated carbocycles. The van der Waals surface area contributed by atoms with E-state index in [1.165, 1.54) is 0 Å². The molecule has 0 fully saturated rings. The number of hydrogen-bond donors (Lipinski definition) is 4. The lowest BCUT2D eigenvalue weighted by Crippen LogP contribution is -2.30. The fourth-order valence-electron chi connectivity index (χ4n) is 1.55. The largest absolute Gasteiger partial charge is 0.478 e. The highest BCUT2D eigenvalue weighted by Crippen LogP contribution is 2.16. The number of anilines is 1. The maximum Gasteiger partial charge on any atom is 0.335 e. The summed E-state index contributed by atoms with van der Waals surface area (Å²) in [5.74, 6) is -2.36. The van der Waals surface area contributed by atoms with Crippen LogP contribution in [0.1, 0.15) is 29.6 Å². The van der Waals surface area contributed by atoms with Crippen LogP contribution in [-0.4, -0.2) is 29.6 Å². The predicted octanol–water partition coefficient (Wildman–Crippen LogP) is 1.30. The third kappa shape index (κ3) is 5.89. The number of rotatable bonds is 7. The maximum atomic E-state index is 13.4. The average Bonchev–Trinajstić information content (AvgIpc) is 2.40. The van der Waals surface area contributed by atoms with Crippen LogP contribution in [0.4, 0.5) is 14.9 Å². The molecule has 0 radical (unpaired) electrons. The zero-order valence-electron chi connectivity index (χ0n) is 11.2. The van der Waals surface area contributed by atoms with Gasteiger partial charge in [0.05, 0.1) is 11.3 Å². The van der Waals surface area contributed by atoms with Gasteiger partial charge in [0.25, 0.3) is 0 Å². The van der Waals surface area contributed by atoms with E-state index in [0.717, 1.165) is 18.2 Å². The van der Waals surface area contributed by atoms with Crippen LogP contribution in [0.25, 0.3) is 0 Å². The van der Waals surface area contributed by atoms with E-state index in [1.807, 2.05) is 0 Å². The molecule has 7 nitrogen and oxygen atoms in total. The quantitative estimate of drug-likeness (QED) is 0.567. The number of aromatic carboxylic acids is 1. The monoisotopic (exact) mass is 297 g/mol. The molecule has 0 saturated heterocycles. The first-order valence-corrected chi connectivity index (χ1v) is 6.26. The van der Waals surface area contributed by atoms with Crippen LogP contribution in [0, 0.1) is 5.82 Å². The SMILES string of the molecule is NC(=O)CCCCNC(=O)Nc1cc(C(=O)O)ccc1F. The van der Waals surface area contributed by atoms with Gasteiger partial charge in [0.15, 0.2) is 0 Å². The van der Waals surface area contributed by atoms with Crippen LogP contribution in [0.15, 0.2) is 18.2 Å². The molecule has 0 aliphatic carbocycles. The topological polar surface area (TPSA) is 122 Å². The van der Waals surface area contributed by atoms with Crippen LogP contribution < -0.4 is 16.4 Å². The number of carboxylic acids is 1. The molecule has 0 unspecified atom stereocenters. The van der Waals surface area contributed by atoms with Crippen molar-refractivity contribution in [1.29, 1.82) is 0 Å². The molecule has 114 valence electrons. The number of benzene rings is 1. The predicted molar refractivity (Wildman–Crippen MR) is 73.4 cm³/mol. The van der Waals surface area contributed by atoms with E-state index in [4.69, 9.17) is 10.8 Å². The van der Waals surface area contributed by atoms with Gasteiger partial charge in [-0.2, -0.15) is 0 Å². The summed E-state index contributed by atoms with van der Waals surface area (Å²) in [5.41, 5.74) is 4.61. The Balaban J connectivity index is 2.45. The Hall–Kier alpha value is -2.64. The highest BCUT2D eigenvalue weighted by Gasteiger charge is 2.10. The molecule has 3 amide bonds. The molecular weight excluding hydrogens is 281 g/mol. The summed E-state index contributed by atoms with van der Waals surface area (Å²) in [5, 5.41) is 13.5. The first kappa shape index (κ1) is 16.4. The maximum absolute atomic E-state index is 13.4. The highest BCUT2D eigenvalue weighted by atomic mass is 19.1. The minimum atomic E-state index is -1.22. The summed E-state index contributed by atoms with van der Waals surface area (Å²) >= 11 is 0. The van der Waals surface area contributed by atoms with Crippen molar-refractivity contribution in [2.75, 3.05) is 11.9 Å². The summed E-state index contributed by atoms with van der Waals surface area (Å²) in [7, 11) is 0. The molecule has 0 aliphatic heterocycles. The number of nitrogens with one attached hydrogen (secondary N) is 2. The number of hydrogen-bond acceptors (Lipinski definition) is 3. The van der Waals surface area contributed by atoms with Gasteiger partial charge >= 0.3 is 12.0 Å². The minimum absolute atomic E-state index is 0.131. The summed E-state index contributed by atoms with van der Waals surface area (Å²) in [6.45, 7) is 0.291. The van der Waals surface area contributed by atoms with Crippen LogP contribution in [0.2, 0.25) is 0 Å². The Morgan fingerprint density at radius 1 is 1.24 bits per heavy atom. The highest BCUT2D eigenvalue weighted by molar-refractivity contribution is 5.93. The molecule has 21 heavy (non-hydrogen) atoms. The van der Waals surface area contributed by atoms with Gasteiger partial charge in [-0.3, -0.25) is 4.79 Å². The van der Waals surface area contributed by atoms with Gasteiger partial charge in [-0.1, -0.05) is 0 Å². The minimum Gasteiger partial charge on any atom is -0.478 e. The van der Waals surface area contributed by atoms with E-state index in [9.17, 15) is 18.8 Å². The Labute approximate surface area is 120 Å². The van der Waals surface area contributed by atoms with Crippen molar-refractivity contribution in [3.63, 3.8) is 0 Å². The van der Waals surface area contributed by atoms with Crippen LogP contribution in [-0.2, 0) is 4.79 Å². The molecule has 0 aliphatic rings. The van der Waals surface area contributed by atoms with Crippen molar-refractivity contribution in [2.24, 2.45) is 5.73 Å². The fraction of sp³-hybridized carbons (Fsp3) is 0.308. The van der Waals surface area contributed by atoms with Gasteiger partial charge in [0.2, 0.25) is 5.91 Å². The van der Waals surface area contributed by atoms with Gasteiger partial charge in [0, 0.05) is 13.0 Å². The van der Waals surface area contributed by atoms with E-state index in [2.05, 4.69) is 10.6 Å². The van der Waals surface area contributed by atoms with E-state index < -0.39 is 23.7 Å². The second kappa shape index (κ2) is 7.83. The zero-order chi connectivity index (χ0) is 15.8. The van der Waals surface area contributed by atoms with Gasteiger partial charge < -0.3 is 21.5 Å². The second-order valence-electron chi connectivity index (χ2n) is 4.30. The van der Waals surface area contributed by atoms with Gasteiger partial charge in [-0.05, 0) is 31.0 Å². The normalized spacial score (nSPS) is 9.95. The van der Waals surface area contributed by atoms with Crippen molar-refractivity contribution in [3.8, 4) is 0 Å². The second-order valence-corrected chi connectivity index (χ2v) is 4.30. The first-order chi connectivity index (χ1) is 9.90. The van der Waals surface area contributed by atoms with Crippen molar-refractivity contribution in [3.05, 3.63) is 29.6 Å². The molecule has 1 rings (SSSR count). The van der Waals surface area contributed by atoms with Crippen LogP contribution >= 0.6 is 0 Å².